The molecule has 38 heavy (non-hydrogen) atoms. The smallest absolute Gasteiger partial charge is 0.251 e. The van der Waals surface area contributed by atoms with Crippen molar-refractivity contribution < 1.29 is 19.1 Å². The van der Waals surface area contributed by atoms with Gasteiger partial charge in [-0.15, -0.1) is 0 Å². The SMILES string of the molecule is COc1ccc(NC(=O)[C@@H](c2ccc(Cl)cc2)N(Cc2cccnc2)C(=O)Cc2ccccc2)c(OC)c1. The lowest BCUT2D eigenvalue weighted by molar-refractivity contribution is -0.139. The van der Waals surface area contributed by atoms with Crippen molar-refractivity contribution in [2.24, 2.45) is 0 Å². The fourth-order valence-electron chi connectivity index (χ4n) is 4.10. The highest BCUT2D eigenvalue weighted by atomic mass is 35.5. The highest BCUT2D eigenvalue weighted by Crippen LogP contribution is 2.32. The zero-order chi connectivity index (χ0) is 26.9. The molecule has 8 heteroatoms. The van der Waals surface area contributed by atoms with Gasteiger partial charge < -0.3 is 19.7 Å². The molecule has 0 aliphatic rings. The molecule has 0 spiro atoms. The average Bonchev–Trinajstić information content (AvgIpc) is 2.95. The lowest BCUT2D eigenvalue weighted by atomic mass is 10.0. The van der Waals surface area contributed by atoms with Crippen molar-refractivity contribution in [3.05, 3.63) is 119 Å². The van der Waals surface area contributed by atoms with Crippen LogP contribution in [-0.2, 0) is 22.6 Å². The number of benzene rings is 3. The molecule has 194 valence electrons. The summed E-state index contributed by atoms with van der Waals surface area (Å²) in [6.45, 7) is 0.181. The number of hydrogen-bond acceptors (Lipinski definition) is 5. The maximum Gasteiger partial charge on any atom is 0.251 e. The lowest BCUT2D eigenvalue weighted by Crippen LogP contribution is -2.41. The van der Waals surface area contributed by atoms with Gasteiger partial charge >= 0.3 is 0 Å². The van der Waals surface area contributed by atoms with Crippen molar-refractivity contribution in [1.82, 2.24) is 9.88 Å². The molecule has 1 atom stereocenters. The maximum atomic E-state index is 14.0. The number of pyridine rings is 1. The number of carbonyl (C=O) groups is 2. The Kier molecular flexibility index (Phi) is 8.95. The number of halogens is 1. The summed E-state index contributed by atoms with van der Waals surface area (Å²) < 4.78 is 10.7. The number of aromatic nitrogens is 1. The van der Waals surface area contributed by atoms with Gasteiger partial charge in [0.25, 0.3) is 5.91 Å². The predicted molar refractivity (Wildman–Crippen MR) is 147 cm³/mol. The molecule has 0 saturated heterocycles. The summed E-state index contributed by atoms with van der Waals surface area (Å²) in [5, 5.41) is 3.48. The molecule has 1 N–H and O–H groups in total. The molecular formula is C30H28ClN3O4. The van der Waals surface area contributed by atoms with Gasteiger partial charge in [0, 0.05) is 30.0 Å². The van der Waals surface area contributed by atoms with Gasteiger partial charge in [-0.3, -0.25) is 14.6 Å². The van der Waals surface area contributed by atoms with Crippen LogP contribution in [0.5, 0.6) is 11.5 Å². The minimum absolute atomic E-state index is 0.129. The largest absolute Gasteiger partial charge is 0.497 e. The number of amides is 2. The highest BCUT2D eigenvalue weighted by Gasteiger charge is 2.32. The normalized spacial score (nSPS) is 11.3. The van der Waals surface area contributed by atoms with E-state index in [1.54, 1.807) is 72.9 Å². The topological polar surface area (TPSA) is 80.8 Å². The van der Waals surface area contributed by atoms with Crippen molar-refractivity contribution in [3.8, 4) is 11.5 Å². The van der Waals surface area contributed by atoms with Gasteiger partial charge in [-0.05, 0) is 47.0 Å². The van der Waals surface area contributed by atoms with Crippen LogP contribution in [0.1, 0.15) is 22.7 Å². The monoisotopic (exact) mass is 529 g/mol. The van der Waals surface area contributed by atoms with Crippen LogP contribution in [0.15, 0.2) is 97.3 Å². The zero-order valence-corrected chi connectivity index (χ0v) is 21.9. The van der Waals surface area contributed by atoms with E-state index in [-0.39, 0.29) is 18.9 Å². The van der Waals surface area contributed by atoms with Crippen LogP contribution in [0.3, 0.4) is 0 Å². The minimum atomic E-state index is -0.963. The van der Waals surface area contributed by atoms with Crippen molar-refractivity contribution in [2.45, 2.75) is 19.0 Å². The van der Waals surface area contributed by atoms with Crippen LogP contribution in [0.4, 0.5) is 5.69 Å². The number of methoxy groups -OCH3 is 2. The number of carbonyl (C=O) groups excluding carboxylic acids is 2. The molecule has 3 aromatic carbocycles. The van der Waals surface area contributed by atoms with Crippen molar-refractivity contribution in [3.63, 3.8) is 0 Å². The quantitative estimate of drug-likeness (QED) is 0.285. The second-order valence-electron chi connectivity index (χ2n) is 8.55. The summed E-state index contributed by atoms with van der Waals surface area (Å²) in [7, 11) is 3.07. The Hall–Kier alpha value is -4.36. The summed E-state index contributed by atoms with van der Waals surface area (Å²) in [6.07, 6.45) is 3.48. The first-order valence-electron chi connectivity index (χ1n) is 12.0. The Balaban J connectivity index is 1.75. The van der Waals surface area contributed by atoms with E-state index in [2.05, 4.69) is 10.3 Å². The van der Waals surface area contributed by atoms with E-state index in [1.165, 1.54) is 7.11 Å². The van der Waals surface area contributed by atoms with E-state index >= 15 is 0 Å². The fraction of sp³-hybridized carbons (Fsp3) is 0.167. The molecule has 4 rings (SSSR count). The molecule has 0 aliphatic heterocycles. The molecule has 1 aromatic heterocycles. The van der Waals surface area contributed by atoms with Crippen LogP contribution in [0, 0.1) is 0 Å². The van der Waals surface area contributed by atoms with E-state index in [0.29, 0.717) is 27.8 Å². The molecular weight excluding hydrogens is 502 g/mol. The molecule has 2 amide bonds. The van der Waals surface area contributed by atoms with E-state index in [1.807, 2.05) is 36.4 Å². The van der Waals surface area contributed by atoms with Crippen LogP contribution < -0.4 is 14.8 Å². The predicted octanol–water partition coefficient (Wildman–Crippen LogP) is 5.70. The number of hydrogen-bond donors (Lipinski definition) is 1. The standard InChI is InChI=1S/C30H28ClN3O4/c1-37-25-14-15-26(27(18-25)38-2)33-30(36)29(23-10-12-24(31)13-11-23)34(20-22-9-6-16-32-19-22)28(35)17-21-7-4-3-5-8-21/h3-16,18-19,29H,17,20H2,1-2H3,(H,33,36)/t29-/m1/s1. The Labute approximate surface area is 227 Å². The summed E-state index contributed by atoms with van der Waals surface area (Å²) in [5.74, 6) is 0.408. The Morgan fingerprint density at radius 2 is 1.66 bits per heavy atom. The molecule has 1 heterocycles. The third kappa shape index (κ3) is 6.69. The van der Waals surface area contributed by atoms with Crippen molar-refractivity contribution in [2.75, 3.05) is 19.5 Å². The van der Waals surface area contributed by atoms with Gasteiger partial charge in [0.05, 0.1) is 26.3 Å². The first-order valence-corrected chi connectivity index (χ1v) is 12.4. The van der Waals surface area contributed by atoms with Gasteiger partial charge in [-0.1, -0.05) is 60.1 Å². The zero-order valence-electron chi connectivity index (χ0n) is 21.1. The fourth-order valence-corrected chi connectivity index (χ4v) is 4.23. The Morgan fingerprint density at radius 3 is 2.32 bits per heavy atom. The average molecular weight is 530 g/mol. The maximum absolute atomic E-state index is 14.0. The summed E-state index contributed by atoms with van der Waals surface area (Å²) in [4.78, 5) is 33.5. The third-order valence-corrected chi connectivity index (χ3v) is 6.26. The second kappa shape index (κ2) is 12.7. The number of nitrogens with zero attached hydrogens (tertiary/aromatic N) is 2. The third-order valence-electron chi connectivity index (χ3n) is 6.01. The number of rotatable bonds is 10. The minimum Gasteiger partial charge on any atom is -0.497 e. The molecule has 0 unspecified atom stereocenters. The molecule has 0 bridgehead atoms. The Bertz CT molecular complexity index is 1370. The van der Waals surface area contributed by atoms with E-state index in [4.69, 9.17) is 21.1 Å². The first-order chi connectivity index (χ1) is 18.5. The van der Waals surface area contributed by atoms with Gasteiger partial charge in [-0.2, -0.15) is 0 Å². The highest BCUT2D eigenvalue weighted by molar-refractivity contribution is 6.30. The van der Waals surface area contributed by atoms with Gasteiger partial charge in [-0.25, -0.2) is 0 Å². The molecule has 4 aromatic rings. The van der Waals surface area contributed by atoms with Crippen LogP contribution in [0.25, 0.3) is 0 Å². The molecule has 0 radical (unpaired) electrons. The number of ether oxygens (including phenoxy) is 2. The Morgan fingerprint density at radius 1 is 0.921 bits per heavy atom. The van der Waals surface area contributed by atoms with Gasteiger partial charge in [0.1, 0.15) is 17.5 Å². The number of anilines is 1. The van der Waals surface area contributed by atoms with Crippen LogP contribution in [-0.4, -0.2) is 35.9 Å². The van der Waals surface area contributed by atoms with Crippen LogP contribution >= 0.6 is 11.6 Å². The second-order valence-corrected chi connectivity index (χ2v) is 8.99. The lowest BCUT2D eigenvalue weighted by Gasteiger charge is -2.32. The van der Waals surface area contributed by atoms with E-state index in [0.717, 1.165) is 11.1 Å². The van der Waals surface area contributed by atoms with Crippen molar-refractivity contribution >= 4 is 29.1 Å². The molecule has 0 fully saturated rings. The van der Waals surface area contributed by atoms with Crippen LogP contribution in [0.2, 0.25) is 5.02 Å². The van der Waals surface area contributed by atoms with Gasteiger partial charge in [0.2, 0.25) is 5.91 Å². The number of nitrogens with one attached hydrogen (secondary N) is 1. The summed E-state index contributed by atoms with van der Waals surface area (Å²) >= 11 is 6.16. The van der Waals surface area contributed by atoms with Gasteiger partial charge in [0.15, 0.2) is 0 Å². The van der Waals surface area contributed by atoms with E-state index < -0.39 is 11.9 Å². The van der Waals surface area contributed by atoms with Crippen molar-refractivity contribution in [1.29, 1.82) is 0 Å². The summed E-state index contributed by atoms with van der Waals surface area (Å²) in [5.41, 5.74) is 2.71. The van der Waals surface area contributed by atoms with E-state index in [9.17, 15) is 9.59 Å². The molecule has 0 saturated carbocycles. The summed E-state index contributed by atoms with van der Waals surface area (Å²) in [6, 6.07) is 24.2. The molecule has 7 nitrogen and oxygen atoms in total. The first kappa shape index (κ1) is 26.7. The molecule has 0 aliphatic carbocycles.